The van der Waals surface area contributed by atoms with Gasteiger partial charge in [0, 0.05) is 30.3 Å². The van der Waals surface area contributed by atoms with Crippen LogP contribution in [0.4, 0.5) is 14.7 Å². The largest absolute Gasteiger partial charge is 0.402 e. The van der Waals surface area contributed by atoms with Crippen molar-refractivity contribution in [2.75, 3.05) is 4.90 Å². The smallest absolute Gasteiger partial charge is 0.245 e. The molecule has 2 aliphatic rings. The monoisotopic (exact) mass is 394 g/mol. The summed E-state index contributed by atoms with van der Waals surface area (Å²) in [5.41, 5.74) is 17.3. The Balaban J connectivity index is 1.78. The normalized spacial score (nSPS) is 25.1. The Morgan fingerprint density at radius 2 is 1.82 bits per heavy atom. The van der Waals surface area contributed by atoms with Crippen molar-refractivity contribution in [2.24, 2.45) is 22.2 Å². The topological polar surface area (TPSA) is 132 Å². The van der Waals surface area contributed by atoms with Gasteiger partial charge in [-0.05, 0) is 46.0 Å². The lowest BCUT2D eigenvalue weighted by molar-refractivity contribution is 0.0133. The number of halogens is 2. The molecule has 2 aliphatic heterocycles. The van der Waals surface area contributed by atoms with Gasteiger partial charge in [-0.3, -0.25) is 4.99 Å². The van der Waals surface area contributed by atoms with Gasteiger partial charge >= 0.3 is 0 Å². The Hall–Kier alpha value is -2.52. The number of allylic oxidation sites excluding steroid dienone is 1. The molecule has 1 aromatic rings. The second kappa shape index (κ2) is 7.84. The molecule has 2 saturated heterocycles. The minimum atomic E-state index is -2.75. The van der Waals surface area contributed by atoms with E-state index in [-0.39, 0.29) is 36.9 Å². The quantitative estimate of drug-likeness (QED) is 0.494. The second-order valence-corrected chi connectivity index (χ2v) is 7.80. The van der Waals surface area contributed by atoms with Gasteiger partial charge in [-0.2, -0.15) is 9.97 Å². The summed E-state index contributed by atoms with van der Waals surface area (Å²) in [6, 6.07) is 0.649. The van der Waals surface area contributed by atoms with E-state index in [0.717, 1.165) is 32.6 Å². The molecule has 0 aromatic carbocycles. The van der Waals surface area contributed by atoms with E-state index in [1.54, 1.807) is 13.0 Å². The summed E-state index contributed by atoms with van der Waals surface area (Å²) in [6.07, 6.45) is 5.08. The van der Waals surface area contributed by atoms with E-state index in [2.05, 4.69) is 24.8 Å². The van der Waals surface area contributed by atoms with Crippen LogP contribution in [0, 0.1) is 6.92 Å². The molecule has 3 rings (SSSR count). The van der Waals surface area contributed by atoms with E-state index in [0.29, 0.717) is 23.3 Å². The molecule has 1 aromatic heterocycles. The lowest BCUT2D eigenvalue weighted by Gasteiger charge is -2.37. The molecule has 2 bridgehead atoms. The average molecular weight is 394 g/mol. The van der Waals surface area contributed by atoms with Crippen LogP contribution in [0.15, 0.2) is 10.7 Å². The Labute approximate surface area is 163 Å². The second-order valence-electron chi connectivity index (χ2n) is 7.80. The maximum Gasteiger partial charge on any atom is 0.245 e. The van der Waals surface area contributed by atoms with Crippen molar-refractivity contribution in [3.63, 3.8) is 0 Å². The summed E-state index contributed by atoms with van der Waals surface area (Å²) in [6.45, 7) is 2.67. The van der Waals surface area contributed by atoms with Crippen LogP contribution in [-0.2, 0) is 0 Å². The zero-order chi connectivity index (χ0) is 20.5. The summed E-state index contributed by atoms with van der Waals surface area (Å²) in [4.78, 5) is 19.9. The lowest BCUT2D eigenvalue weighted by Crippen LogP contribution is -2.46. The van der Waals surface area contributed by atoms with Crippen LogP contribution in [0.1, 0.15) is 57.1 Å². The van der Waals surface area contributed by atoms with Crippen LogP contribution in [0.25, 0.3) is 6.08 Å². The van der Waals surface area contributed by atoms with Crippen molar-refractivity contribution >= 4 is 18.0 Å². The minimum absolute atomic E-state index is 0.0821. The van der Waals surface area contributed by atoms with Crippen molar-refractivity contribution < 1.29 is 8.78 Å². The van der Waals surface area contributed by atoms with Crippen molar-refractivity contribution in [3.05, 3.63) is 17.3 Å². The number of rotatable bonds is 6. The van der Waals surface area contributed by atoms with Gasteiger partial charge < -0.3 is 22.1 Å². The molecule has 2 atom stereocenters. The van der Waals surface area contributed by atoms with Crippen LogP contribution in [0.2, 0.25) is 0 Å². The molecule has 28 heavy (non-hydrogen) atoms. The number of aliphatic imine (C=N–C) groups is 1. The van der Waals surface area contributed by atoms with E-state index in [1.807, 2.05) is 0 Å². The highest BCUT2D eigenvalue weighted by atomic mass is 19.3. The van der Waals surface area contributed by atoms with Crippen molar-refractivity contribution in [3.8, 4) is 0 Å². The first-order valence-electron chi connectivity index (χ1n) is 9.54. The number of hydrogen-bond donors (Lipinski definition) is 3. The van der Waals surface area contributed by atoms with E-state index < -0.39 is 5.92 Å². The van der Waals surface area contributed by atoms with Crippen LogP contribution in [-0.4, -0.2) is 45.0 Å². The number of aryl methyl sites for hydroxylation is 1. The van der Waals surface area contributed by atoms with Crippen LogP contribution in [0.3, 0.4) is 0 Å². The molecular formula is C18H28F2N8. The van der Waals surface area contributed by atoms with E-state index >= 15 is 0 Å². The fraction of sp³-hybridized carbons (Fsp3) is 0.667. The fourth-order valence-corrected chi connectivity index (χ4v) is 4.06. The third-order valence-electron chi connectivity index (χ3n) is 5.19. The lowest BCUT2D eigenvalue weighted by atomic mass is 9.98. The number of aromatic nitrogens is 3. The van der Waals surface area contributed by atoms with Crippen LogP contribution < -0.4 is 22.1 Å². The van der Waals surface area contributed by atoms with Crippen molar-refractivity contribution in [2.45, 2.75) is 76.4 Å². The SMILES string of the molecule is Cc1nc(C=C(N)CCC(C)(F)F)nc(N2C3CCC2CC(N=C(N)N)C3)n1. The molecule has 8 nitrogen and oxygen atoms in total. The van der Waals surface area contributed by atoms with E-state index in [4.69, 9.17) is 17.2 Å². The molecule has 2 unspecified atom stereocenters. The Morgan fingerprint density at radius 3 is 2.39 bits per heavy atom. The number of guanidine groups is 1. The molecule has 10 heteroatoms. The number of nitrogens with two attached hydrogens (primary N) is 3. The Kier molecular flexibility index (Phi) is 5.66. The number of nitrogens with zero attached hydrogens (tertiary/aromatic N) is 5. The molecular weight excluding hydrogens is 366 g/mol. The van der Waals surface area contributed by atoms with Crippen molar-refractivity contribution in [1.82, 2.24) is 15.0 Å². The molecule has 0 amide bonds. The molecule has 3 heterocycles. The maximum atomic E-state index is 13.0. The molecule has 154 valence electrons. The zero-order valence-electron chi connectivity index (χ0n) is 16.3. The maximum absolute atomic E-state index is 13.0. The molecule has 0 spiro atoms. The molecule has 2 fully saturated rings. The highest BCUT2D eigenvalue weighted by molar-refractivity contribution is 5.75. The first-order chi connectivity index (χ1) is 13.1. The summed E-state index contributed by atoms with van der Waals surface area (Å²) in [5.74, 6) is -1.07. The third kappa shape index (κ3) is 5.05. The molecule has 6 N–H and O–H groups in total. The van der Waals surface area contributed by atoms with Gasteiger partial charge in [0.15, 0.2) is 11.8 Å². The summed E-state index contributed by atoms with van der Waals surface area (Å²) < 4.78 is 26.1. The Bertz CT molecular complexity index is 755. The van der Waals surface area contributed by atoms with Gasteiger partial charge in [0.25, 0.3) is 0 Å². The molecule has 0 aliphatic carbocycles. The number of hydrogen-bond acceptors (Lipinski definition) is 6. The molecule has 0 radical (unpaired) electrons. The van der Waals surface area contributed by atoms with E-state index in [1.165, 1.54) is 0 Å². The molecule has 0 saturated carbocycles. The van der Waals surface area contributed by atoms with E-state index in [9.17, 15) is 8.78 Å². The first-order valence-corrected chi connectivity index (χ1v) is 9.54. The number of fused-ring (bicyclic) bond motifs is 2. The summed E-state index contributed by atoms with van der Waals surface area (Å²) in [5, 5.41) is 0. The number of anilines is 1. The van der Waals surface area contributed by atoms with Gasteiger partial charge in [0.2, 0.25) is 11.9 Å². The average Bonchev–Trinajstić information content (AvgIpc) is 2.82. The van der Waals surface area contributed by atoms with Gasteiger partial charge in [-0.1, -0.05) is 0 Å². The zero-order valence-corrected chi connectivity index (χ0v) is 16.3. The third-order valence-corrected chi connectivity index (χ3v) is 5.19. The number of alkyl halides is 2. The van der Waals surface area contributed by atoms with Gasteiger partial charge in [-0.15, -0.1) is 0 Å². The fourth-order valence-electron chi connectivity index (χ4n) is 4.06. The predicted molar refractivity (Wildman–Crippen MR) is 105 cm³/mol. The summed E-state index contributed by atoms with van der Waals surface area (Å²) >= 11 is 0. The summed E-state index contributed by atoms with van der Waals surface area (Å²) in [7, 11) is 0. The standard InChI is InChI=1S/C18H28F2N8/c1-10-24-15(7-11(21)5-6-18(2,19)20)27-17(25-10)28-13-3-4-14(28)9-12(8-13)26-16(22)23/h7,12-14H,3-6,8-9,21H2,1-2H3,(H4,22,23,26). The highest BCUT2D eigenvalue weighted by Crippen LogP contribution is 2.39. The van der Waals surface area contributed by atoms with Crippen molar-refractivity contribution in [1.29, 1.82) is 0 Å². The van der Waals surface area contributed by atoms with Crippen LogP contribution >= 0.6 is 0 Å². The Morgan fingerprint density at radius 1 is 1.18 bits per heavy atom. The number of piperidine rings is 1. The van der Waals surface area contributed by atoms with Gasteiger partial charge in [0.1, 0.15) is 5.82 Å². The minimum Gasteiger partial charge on any atom is -0.402 e. The first kappa shape index (κ1) is 20.2. The van der Waals surface area contributed by atoms with Crippen LogP contribution in [0.5, 0.6) is 0 Å². The highest BCUT2D eigenvalue weighted by Gasteiger charge is 2.42. The van der Waals surface area contributed by atoms with Gasteiger partial charge in [0.05, 0.1) is 6.04 Å². The predicted octanol–water partition coefficient (Wildman–Crippen LogP) is 1.69. The van der Waals surface area contributed by atoms with Gasteiger partial charge in [-0.25, -0.2) is 13.8 Å².